The summed E-state index contributed by atoms with van der Waals surface area (Å²) in [5, 5.41) is 8.17. The number of hydrogen-bond donors (Lipinski definition) is 2. The van der Waals surface area contributed by atoms with E-state index in [1.165, 1.54) is 12.1 Å². The Hall–Kier alpha value is -1.20. The number of primary sulfonamides is 1. The SMILES string of the molecule is CC1CN(CCCNc2ccc(S(N)(=O)=O)cc2S(C)(=O)=O)CC(C)O1. The van der Waals surface area contributed by atoms with Crippen LogP contribution in [0.5, 0.6) is 0 Å². The van der Waals surface area contributed by atoms with Crippen molar-refractivity contribution < 1.29 is 21.6 Å². The van der Waals surface area contributed by atoms with Crippen LogP contribution in [0.15, 0.2) is 28.0 Å². The first-order valence-electron chi connectivity index (χ1n) is 8.45. The summed E-state index contributed by atoms with van der Waals surface area (Å²) < 4.78 is 52.6. The van der Waals surface area contributed by atoms with E-state index in [1.54, 1.807) is 0 Å². The van der Waals surface area contributed by atoms with Gasteiger partial charge in [-0.05, 0) is 38.5 Å². The minimum Gasteiger partial charge on any atom is -0.384 e. The monoisotopic (exact) mass is 405 g/mol. The van der Waals surface area contributed by atoms with Crippen molar-refractivity contribution in [2.24, 2.45) is 5.14 Å². The van der Waals surface area contributed by atoms with Crippen LogP contribution < -0.4 is 10.5 Å². The third kappa shape index (κ3) is 5.92. The molecule has 0 amide bonds. The van der Waals surface area contributed by atoms with Gasteiger partial charge >= 0.3 is 0 Å². The predicted octanol–water partition coefficient (Wildman–Crippen LogP) is 0.649. The van der Waals surface area contributed by atoms with Crippen LogP contribution in [0.4, 0.5) is 5.69 Å². The number of anilines is 1. The van der Waals surface area contributed by atoms with Crippen molar-refractivity contribution in [3.63, 3.8) is 0 Å². The maximum absolute atomic E-state index is 12.0. The van der Waals surface area contributed by atoms with E-state index < -0.39 is 19.9 Å². The van der Waals surface area contributed by atoms with Gasteiger partial charge in [-0.3, -0.25) is 4.90 Å². The lowest BCUT2D eigenvalue weighted by atomic mass is 10.2. The lowest BCUT2D eigenvalue weighted by Gasteiger charge is -2.35. The van der Waals surface area contributed by atoms with Crippen LogP contribution in [0.25, 0.3) is 0 Å². The molecule has 1 aromatic rings. The van der Waals surface area contributed by atoms with Gasteiger partial charge in [-0.25, -0.2) is 22.0 Å². The molecule has 0 saturated carbocycles. The van der Waals surface area contributed by atoms with E-state index in [9.17, 15) is 16.8 Å². The van der Waals surface area contributed by atoms with Gasteiger partial charge in [-0.1, -0.05) is 0 Å². The van der Waals surface area contributed by atoms with E-state index in [4.69, 9.17) is 9.88 Å². The molecule has 1 aromatic carbocycles. The van der Waals surface area contributed by atoms with E-state index in [2.05, 4.69) is 10.2 Å². The van der Waals surface area contributed by atoms with E-state index in [0.29, 0.717) is 12.2 Å². The van der Waals surface area contributed by atoms with E-state index in [1.807, 2.05) is 13.8 Å². The first kappa shape index (κ1) is 21.1. The zero-order valence-electron chi connectivity index (χ0n) is 15.3. The largest absolute Gasteiger partial charge is 0.384 e. The standard InChI is InChI=1S/C16H27N3O5S2/c1-12-10-19(11-13(2)24-12)8-4-7-18-15-6-5-14(26(17,22)23)9-16(15)25(3,20)21/h5-6,9,12-13,18H,4,7-8,10-11H2,1-3H3,(H2,17,22,23). The van der Waals surface area contributed by atoms with Crippen molar-refractivity contribution >= 4 is 25.5 Å². The molecule has 2 atom stereocenters. The van der Waals surface area contributed by atoms with Gasteiger partial charge in [0.25, 0.3) is 0 Å². The number of hydrogen-bond acceptors (Lipinski definition) is 7. The number of sulfone groups is 1. The first-order valence-corrected chi connectivity index (χ1v) is 11.9. The first-order chi connectivity index (χ1) is 12.0. The summed E-state index contributed by atoms with van der Waals surface area (Å²) >= 11 is 0. The van der Waals surface area contributed by atoms with Gasteiger partial charge in [0.15, 0.2) is 9.84 Å². The molecule has 0 bridgehead atoms. The lowest BCUT2D eigenvalue weighted by Crippen LogP contribution is -2.45. The molecule has 2 rings (SSSR count). The summed E-state index contributed by atoms with van der Waals surface area (Å²) in [6.07, 6.45) is 2.26. The number of nitrogens with one attached hydrogen (secondary N) is 1. The second-order valence-electron chi connectivity index (χ2n) is 6.77. The minimum absolute atomic E-state index is 0.0716. The van der Waals surface area contributed by atoms with Crippen LogP contribution in [0, 0.1) is 0 Å². The number of nitrogens with zero attached hydrogens (tertiary/aromatic N) is 1. The Bertz CT molecular complexity index is 829. The normalized spacial score (nSPS) is 22.3. The molecule has 0 radical (unpaired) electrons. The molecule has 2 unspecified atom stereocenters. The van der Waals surface area contributed by atoms with Gasteiger partial charge in [0.2, 0.25) is 10.0 Å². The molecule has 0 aliphatic carbocycles. The third-order valence-corrected chi connectivity index (χ3v) is 6.19. The van der Waals surface area contributed by atoms with Crippen molar-refractivity contribution in [1.29, 1.82) is 0 Å². The Morgan fingerprint density at radius 1 is 1.19 bits per heavy atom. The van der Waals surface area contributed by atoms with Gasteiger partial charge in [0.1, 0.15) is 0 Å². The highest BCUT2D eigenvalue weighted by Gasteiger charge is 2.22. The Kier molecular flexibility index (Phi) is 6.67. The van der Waals surface area contributed by atoms with E-state index in [-0.39, 0.29) is 22.0 Å². The highest BCUT2D eigenvalue weighted by Crippen LogP contribution is 2.24. The average Bonchev–Trinajstić information content (AvgIpc) is 2.48. The second kappa shape index (κ2) is 8.22. The molecule has 148 valence electrons. The molecule has 10 heteroatoms. The highest BCUT2D eigenvalue weighted by atomic mass is 32.2. The maximum atomic E-state index is 12.0. The molecule has 0 spiro atoms. The highest BCUT2D eigenvalue weighted by molar-refractivity contribution is 7.91. The third-order valence-electron chi connectivity index (χ3n) is 4.14. The van der Waals surface area contributed by atoms with Crippen molar-refractivity contribution in [2.75, 3.05) is 37.8 Å². The Balaban J connectivity index is 2.01. The number of morpholine rings is 1. The van der Waals surface area contributed by atoms with Gasteiger partial charge in [0.05, 0.1) is 27.7 Å². The topological polar surface area (TPSA) is 119 Å². The molecular formula is C16H27N3O5S2. The van der Waals surface area contributed by atoms with Gasteiger partial charge in [-0.2, -0.15) is 0 Å². The molecule has 1 saturated heterocycles. The Morgan fingerprint density at radius 2 is 1.81 bits per heavy atom. The summed E-state index contributed by atoms with van der Waals surface area (Å²) in [6, 6.07) is 3.84. The molecule has 0 aromatic heterocycles. The quantitative estimate of drug-likeness (QED) is 0.639. The fourth-order valence-electron chi connectivity index (χ4n) is 3.13. The fourth-order valence-corrected chi connectivity index (χ4v) is 4.62. The lowest BCUT2D eigenvalue weighted by molar-refractivity contribution is -0.0678. The van der Waals surface area contributed by atoms with Crippen LogP contribution in [0.1, 0.15) is 20.3 Å². The number of rotatable bonds is 7. The second-order valence-corrected chi connectivity index (χ2v) is 10.3. The molecule has 1 aliphatic rings. The van der Waals surface area contributed by atoms with Crippen molar-refractivity contribution in [3.8, 4) is 0 Å². The molecule has 1 fully saturated rings. The van der Waals surface area contributed by atoms with Gasteiger partial charge < -0.3 is 10.1 Å². The summed E-state index contributed by atoms with van der Waals surface area (Å²) in [5.74, 6) is 0. The molecule has 3 N–H and O–H groups in total. The predicted molar refractivity (Wildman–Crippen MR) is 100 cm³/mol. The number of benzene rings is 1. The van der Waals surface area contributed by atoms with Crippen LogP contribution in [-0.4, -0.2) is 66.4 Å². The smallest absolute Gasteiger partial charge is 0.238 e. The molecule has 26 heavy (non-hydrogen) atoms. The summed E-state index contributed by atoms with van der Waals surface area (Å²) in [5.41, 5.74) is 0.378. The maximum Gasteiger partial charge on any atom is 0.238 e. The number of sulfonamides is 1. The van der Waals surface area contributed by atoms with Crippen LogP contribution in [0.2, 0.25) is 0 Å². The minimum atomic E-state index is -3.96. The molecule has 8 nitrogen and oxygen atoms in total. The van der Waals surface area contributed by atoms with Crippen molar-refractivity contribution in [2.45, 2.75) is 42.3 Å². The number of ether oxygens (including phenoxy) is 1. The Morgan fingerprint density at radius 3 is 2.35 bits per heavy atom. The summed E-state index contributed by atoms with van der Waals surface area (Å²) in [6.45, 7) is 7.29. The fraction of sp³-hybridized carbons (Fsp3) is 0.625. The van der Waals surface area contributed by atoms with Crippen molar-refractivity contribution in [3.05, 3.63) is 18.2 Å². The average molecular weight is 406 g/mol. The van der Waals surface area contributed by atoms with Gasteiger partial charge in [-0.15, -0.1) is 0 Å². The zero-order chi connectivity index (χ0) is 19.5. The molecule has 1 heterocycles. The van der Waals surface area contributed by atoms with E-state index in [0.717, 1.165) is 38.4 Å². The van der Waals surface area contributed by atoms with Crippen LogP contribution in [-0.2, 0) is 24.6 Å². The summed E-state index contributed by atoms with van der Waals surface area (Å²) in [7, 11) is -7.56. The Labute approximate surface area is 155 Å². The van der Waals surface area contributed by atoms with Gasteiger partial charge in [0, 0.05) is 32.4 Å². The van der Waals surface area contributed by atoms with Crippen LogP contribution in [0.3, 0.4) is 0 Å². The molecule has 1 aliphatic heterocycles. The van der Waals surface area contributed by atoms with Crippen LogP contribution >= 0.6 is 0 Å². The summed E-state index contributed by atoms with van der Waals surface area (Å²) in [4.78, 5) is 2.03. The van der Waals surface area contributed by atoms with Crippen molar-refractivity contribution in [1.82, 2.24) is 4.90 Å². The van der Waals surface area contributed by atoms with E-state index >= 15 is 0 Å². The molecular weight excluding hydrogens is 378 g/mol. The zero-order valence-corrected chi connectivity index (χ0v) is 16.9. The number of nitrogens with two attached hydrogens (primary N) is 1.